The van der Waals surface area contributed by atoms with Gasteiger partial charge >= 0.3 is 0 Å². The molecule has 0 saturated carbocycles. The van der Waals surface area contributed by atoms with E-state index in [1.165, 1.54) is 0 Å². The predicted molar refractivity (Wildman–Crippen MR) is 80.1 cm³/mol. The highest BCUT2D eigenvalue weighted by Gasteiger charge is 2.12. The van der Waals surface area contributed by atoms with Gasteiger partial charge in [0, 0.05) is 17.5 Å². The molecule has 1 aromatic carbocycles. The van der Waals surface area contributed by atoms with Crippen LogP contribution in [-0.2, 0) is 21.1 Å². The second-order valence-electron chi connectivity index (χ2n) is 4.35. The fourth-order valence-corrected chi connectivity index (χ4v) is 2.21. The van der Waals surface area contributed by atoms with Gasteiger partial charge < -0.3 is 11.1 Å². The van der Waals surface area contributed by atoms with Crippen LogP contribution in [0.25, 0.3) is 0 Å². The van der Waals surface area contributed by atoms with Crippen LogP contribution in [-0.4, -0.2) is 32.9 Å². The van der Waals surface area contributed by atoms with Crippen molar-refractivity contribution in [2.24, 2.45) is 5.73 Å². The number of nitrogens with two attached hydrogens (primary N) is 1. The zero-order valence-corrected chi connectivity index (χ0v) is 12.4. The quantitative estimate of drug-likeness (QED) is 0.793. The van der Waals surface area contributed by atoms with Crippen LogP contribution in [0.4, 0.5) is 5.69 Å². The van der Waals surface area contributed by atoms with Crippen molar-refractivity contribution >= 4 is 21.4 Å². The van der Waals surface area contributed by atoms with Gasteiger partial charge in [-0.2, -0.15) is 0 Å². The van der Waals surface area contributed by atoms with Gasteiger partial charge in [-0.1, -0.05) is 18.8 Å². The maximum atomic E-state index is 11.6. The zero-order chi connectivity index (χ0) is 15.2. The number of nitrogens with one attached hydrogen (secondary N) is 1. The second kappa shape index (κ2) is 7.08. The topological polar surface area (TPSA) is 89.3 Å². The van der Waals surface area contributed by atoms with Gasteiger partial charge in [-0.25, -0.2) is 8.42 Å². The van der Waals surface area contributed by atoms with Gasteiger partial charge in [0.15, 0.2) is 9.84 Å². The highest BCUT2D eigenvalue weighted by atomic mass is 32.2. The first-order chi connectivity index (χ1) is 9.35. The largest absolute Gasteiger partial charge is 0.325 e. The molecule has 0 saturated heterocycles. The molecule has 1 amide bonds. The van der Waals surface area contributed by atoms with Gasteiger partial charge in [0.05, 0.1) is 6.54 Å². The lowest BCUT2D eigenvalue weighted by Gasteiger charge is -2.10. The summed E-state index contributed by atoms with van der Waals surface area (Å²) in [5, 5.41) is 2.61. The van der Waals surface area contributed by atoms with Crippen LogP contribution >= 0.6 is 0 Å². The molecular formula is C14H18N2O3S. The molecule has 0 bridgehead atoms. The van der Waals surface area contributed by atoms with Crippen molar-refractivity contribution in [1.29, 1.82) is 0 Å². The Morgan fingerprint density at radius 1 is 1.40 bits per heavy atom. The fraction of sp³-hybridized carbons (Fsp3) is 0.357. The summed E-state index contributed by atoms with van der Waals surface area (Å²) in [4.78, 5) is 11.6. The highest BCUT2D eigenvalue weighted by molar-refractivity contribution is 7.91. The summed E-state index contributed by atoms with van der Waals surface area (Å²) in [6.07, 6.45) is 1.73. The van der Waals surface area contributed by atoms with Crippen molar-refractivity contribution in [3.05, 3.63) is 29.3 Å². The molecule has 0 unspecified atom stereocenters. The molecule has 20 heavy (non-hydrogen) atoms. The molecule has 0 aromatic heterocycles. The maximum Gasteiger partial charge on any atom is 0.239 e. The molecule has 0 aliphatic heterocycles. The Bertz CT molecular complexity index is 655. The van der Waals surface area contributed by atoms with E-state index in [9.17, 15) is 13.2 Å². The van der Waals surface area contributed by atoms with Crippen molar-refractivity contribution in [2.75, 3.05) is 23.9 Å². The molecule has 3 N–H and O–H groups in total. The van der Waals surface area contributed by atoms with E-state index in [4.69, 9.17) is 5.73 Å². The number of aryl methyl sites for hydroxylation is 1. The number of carbonyl (C=O) groups is 1. The Labute approximate surface area is 119 Å². The minimum atomic E-state index is -3.33. The number of carbonyl (C=O) groups excluding carboxylic acids is 1. The lowest BCUT2D eigenvalue weighted by molar-refractivity contribution is -0.113. The highest BCUT2D eigenvalue weighted by Crippen LogP contribution is 2.18. The van der Waals surface area contributed by atoms with Crippen LogP contribution in [0.5, 0.6) is 0 Å². The summed E-state index contributed by atoms with van der Waals surface area (Å²) in [5.41, 5.74) is 7.64. The monoisotopic (exact) mass is 294 g/mol. The molecular weight excluding hydrogens is 276 g/mol. The molecule has 5 nitrogen and oxygen atoms in total. The van der Waals surface area contributed by atoms with Crippen molar-refractivity contribution in [1.82, 2.24) is 0 Å². The van der Waals surface area contributed by atoms with Gasteiger partial charge in [0.25, 0.3) is 0 Å². The number of rotatable bonds is 4. The molecule has 1 rings (SSSR count). The number of sulfone groups is 1. The van der Waals surface area contributed by atoms with E-state index in [1.807, 2.05) is 13.0 Å². The molecule has 0 aliphatic carbocycles. The summed E-state index contributed by atoms with van der Waals surface area (Å²) in [5.74, 6) is 4.61. The molecule has 0 fully saturated rings. The van der Waals surface area contributed by atoms with Gasteiger partial charge in [-0.3, -0.25) is 4.79 Å². The van der Waals surface area contributed by atoms with E-state index in [0.717, 1.165) is 17.4 Å². The third kappa shape index (κ3) is 5.43. The van der Waals surface area contributed by atoms with Gasteiger partial charge in [-0.15, -0.1) is 0 Å². The van der Waals surface area contributed by atoms with Crippen LogP contribution in [0.2, 0.25) is 0 Å². The van der Waals surface area contributed by atoms with Gasteiger partial charge in [-0.05, 0) is 30.2 Å². The Morgan fingerprint density at radius 3 is 2.65 bits per heavy atom. The number of benzene rings is 1. The van der Waals surface area contributed by atoms with Crippen LogP contribution in [0, 0.1) is 11.8 Å². The van der Waals surface area contributed by atoms with Crippen molar-refractivity contribution in [3.8, 4) is 11.8 Å². The lowest BCUT2D eigenvalue weighted by atomic mass is 10.1. The van der Waals surface area contributed by atoms with E-state index >= 15 is 0 Å². The standard InChI is InChI=1S/C14H18N2O3S/c1-3-12-9-11(5-4-8-15)6-7-13(12)16-14(17)10-20(2,18)19/h6-7,9H,3,8,10,15H2,1-2H3,(H,16,17). The third-order valence-electron chi connectivity index (χ3n) is 2.49. The summed E-state index contributed by atoms with van der Waals surface area (Å²) in [6.45, 7) is 2.23. The lowest BCUT2D eigenvalue weighted by Crippen LogP contribution is -2.22. The Hall–Kier alpha value is -1.84. The second-order valence-corrected chi connectivity index (χ2v) is 6.49. The van der Waals surface area contributed by atoms with Crippen molar-refractivity contribution in [3.63, 3.8) is 0 Å². The normalized spacial score (nSPS) is 10.6. The molecule has 108 valence electrons. The van der Waals surface area contributed by atoms with E-state index in [2.05, 4.69) is 17.2 Å². The average molecular weight is 294 g/mol. The van der Waals surface area contributed by atoms with Gasteiger partial charge in [0.2, 0.25) is 5.91 Å². The smallest absolute Gasteiger partial charge is 0.239 e. The van der Waals surface area contributed by atoms with E-state index in [-0.39, 0.29) is 6.54 Å². The average Bonchev–Trinajstić information content (AvgIpc) is 2.35. The number of anilines is 1. The van der Waals surface area contributed by atoms with Crippen LogP contribution < -0.4 is 11.1 Å². The first-order valence-corrected chi connectivity index (χ1v) is 8.21. The third-order valence-corrected chi connectivity index (χ3v) is 3.27. The molecule has 0 radical (unpaired) electrons. The SMILES string of the molecule is CCc1cc(C#CCN)ccc1NC(=O)CS(C)(=O)=O. The first-order valence-electron chi connectivity index (χ1n) is 6.15. The first kappa shape index (κ1) is 16.2. The summed E-state index contributed by atoms with van der Waals surface area (Å²) >= 11 is 0. The summed E-state index contributed by atoms with van der Waals surface area (Å²) in [7, 11) is -3.33. The van der Waals surface area contributed by atoms with Crippen LogP contribution in [0.3, 0.4) is 0 Å². The van der Waals surface area contributed by atoms with E-state index in [0.29, 0.717) is 12.1 Å². The molecule has 1 aromatic rings. The number of amides is 1. The summed E-state index contributed by atoms with van der Waals surface area (Å²) < 4.78 is 22.1. The van der Waals surface area contributed by atoms with Gasteiger partial charge in [0.1, 0.15) is 5.75 Å². The van der Waals surface area contributed by atoms with Crippen LogP contribution in [0.15, 0.2) is 18.2 Å². The van der Waals surface area contributed by atoms with E-state index in [1.54, 1.807) is 12.1 Å². The van der Waals surface area contributed by atoms with Crippen molar-refractivity contribution in [2.45, 2.75) is 13.3 Å². The predicted octanol–water partition coefficient (Wildman–Crippen LogP) is 0.542. The minimum absolute atomic E-state index is 0.286. The van der Waals surface area contributed by atoms with Crippen LogP contribution in [0.1, 0.15) is 18.1 Å². The van der Waals surface area contributed by atoms with E-state index < -0.39 is 21.5 Å². The fourth-order valence-electron chi connectivity index (χ4n) is 1.66. The Balaban J connectivity index is 2.93. The molecule has 0 atom stereocenters. The molecule has 0 heterocycles. The molecule has 6 heteroatoms. The summed E-state index contributed by atoms with van der Waals surface area (Å²) in [6, 6.07) is 5.34. The Kier molecular flexibility index (Phi) is 5.74. The molecule has 0 aliphatic rings. The Morgan fingerprint density at radius 2 is 2.10 bits per heavy atom. The molecule has 0 spiro atoms. The maximum absolute atomic E-state index is 11.6. The zero-order valence-electron chi connectivity index (χ0n) is 11.6. The number of hydrogen-bond acceptors (Lipinski definition) is 4. The number of hydrogen-bond donors (Lipinski definition) is 2. The van der Waals surface area contributed by atoms with Crippen molar-refractivity contribution < 1.29 is 13.2 Å². The minimum Gasteiger partial charge on any atom is -0.325 e.